The van der Waals surface area contributed by atoms with E-state index in [1.165, 1.54) is 11.1 Å². The van der Waals surface area contributed by atoms with Crippen LogP contribution in [0.25, 0.3) is 0 Å². The third-order valence-electron chi connectivity index (χ3n) is 2.23. The average Bonchev–Trinajstić information content (AvgIpc) is 2.18. The van der Waals surface area contributed by atoms with Gasteiger partial charge in [-0.2, -0.15) is 0 Å². The lowest BCUT2D eigenvalue weighted by atomic mass is 10.1. The molecular formula is C13H20O2. The van der Waals surface area contributed by atoms with Crippen LogP contribution in [0.3, 0.4) is 0 Å². The van der Waals surface area contributed by atoms with Crippen LogP contribution in [0.4, 0.5) is 0 Å². The Labute approximate surface area is 91.9 Å². The molecule has 0 saturated heterocycles. The molecule has 0 aliphatic rings. The van der Waals surface area contributed by atoms with Crippen molar-refractivity contribution >= 4 is 0 Å². The van der Waals surface area contributed by atoms with Crippen LogP contribution in [0, 0.1) is 6.92 Å². The van der Waals surface area contributed by atoms with Gasteiger partial charge in [-0.1, -0.05) is 12.1 Å². The summed E-state index contributed by atoms with van der Waals surface area (Å²) >= 11 is 0. The van der Waals surface area contributed by atoms with Gasteiger partial charge in [0.1, 0.15) is 5.75 Å². The monoisotopic (exact) mass is 208 g/mol. The molecule has 0 aliphatic heterocycles. The molecule has 0 amide bonds. The minimum Gasteiger partial charge on any atom is -0.491 e. The van der Waals surface area contributed by atoms with E-state index in [4.69, 9.17) is 9.84 Å². The largest absolute Gasteiger partial charge is 0.491 e. The number of hydrogen-bond acceptors (Lipinski definition) is 2. The molecule has 1 aromatic carbocycles. The van der Waals surface area contributed by atoms with Gasteiger partial charge in [0.2, 0.25) is 0 Å². The predicted octanol–water partition coefficient (Wildman–Crippen LogP) is 2.71. The first-order valence-corrected chi connectivity index (χ1v) is 5.50. The average molecular weight is 208 g/mol. The maximum atomic E-state index is 8.75. The molecule has 0 aliphatic carbocycles. The van der Waals surface area contributed by atoms with Gasteiger partial charge >= 0.3 is 0 Å². The molecule has 0 fully saturated rings. The van der Waals surface area contributed by atoms with Crippen LogP contribution in [-0.2, 0) is 6.42 Å². The van der Waals surface area contributed by atoms with E-state index in [-0.39, 0.29) is 12.7 Å². The first-order valence-electron chi connectivity index (χ1n) is 5.50. The highest BCUT2D eigenvalue weighted by molar-refractivity contribution is 5.36. The van der Waals surface area contributed by atoms with Crippen molar-refractivity contribution in [3.05, 3.63) is 29.3 Å². The first-order chi connectivity index (χ1) is 7.13. The number of hydrogen-bond donors (Lipinski definition) is 1. The van der Waals surface area contributed by atoms with Gasteiger partial charge in [0.15, 0.2) is 0 Å². The van der Waals surface area contributed by atoms with Crippen LogP contribution in [0.5, 0.6) is 5.75 Å². The van der Waals surface area contributed by atoms with Crippen molar-refractivity contribution in [2.75, 3.05) is 6.61 Å². The molecule has 0 bridgehead atoms. The Balaban J connectivity index is 2.70. The molecule has 1 rings (SSSR count). The lowest BCUT2D eigenvalue weighted by Crippen LogP contribution is -2.06. The van der Waals surface area contributed by atoms with E-state index in [1.807, 2.05) is 19.9 Å². The summed E-state index contributed by atoms with van der Waals surface area (Å²) in [4.78, 5) is 0. The van der Waals surface area contributed by atoms with Gasteiger partial charge in [-0.05, 0) is 50.8 Å². The standard InChI is InChI=1S/C13H20O2/c1-10(2)15-13-7-6-12(5-4-8-14)9-11(13)3/h6-7,9-10,14H,4-5,8H2,1-3H3. The van der Waals surface area contributed by atoms with Gasteiger partial charge < -0.3 is 9.84 Å². The third kappa shape index (κ3) is 3.92. The van der Waals surface area contributed by atoms with E-state index in [0.717, 1.165) is 18.6 Å². The SMILES string of the molecule is Cc1cc(CCCO)ccc1OC(C)C. The Morgan fingerprint density at radius 3 is 2.60 bits per heavy atom. The Hall–Kier alpha value is -1.02. The maximum absolute atomic E-state index is 8.75. The van der Waals surface area contributed by atoms with Gasteiger partial charge in [0.25, 0.3) is 0 Å². The molecule has 0 unspecified atom stereocenters. The summed E-state index contributed by atoms with van der Waals surface area (Å²) in [6, 6.07) is 6.22. The Morgan fingerprint density at radius 1 is 1.33 bits per heavy atom. The molecule has 15 heavy (non-hydrogen) atoms. The Kier molecular flexibility index (Phi) is 4.63. The molecule has 0 aromatic heterocycles. The zero-order valence-electron chi connectivity index (χ0n) is 9.79. The maximum Gasteiger partial charge on any atom is 0.122 e. The molecule has 84 valence electrons. The number of aliphatic hydroxyl groups is 1. The van der Waals surface area contributed by atoms with Crippen molar-refractivity contribution in [2.45, 2.75) is 39.7 Å². The van der Waals surface area contributed by atoms with Crippen LogP contribution in [0.15, 0.2) is 18.2 Å². The number of aryl methyl sites for hydroxylation is 2. The van der Waals surface area contributed by atoms with Gasteiger partial charge in [0, 0.05) is 6.61 Å². The molecule has 0 saturated carbocycles. The van der Waals surface area contributed by atoms with Crippen LogP contribution >= 0.6 is 0 Å². The highest BCUT2D eigenvalue weighted by Gasteiger charge is 2.03. The molecule has 0 spiro atoms. The summed E-state index contributed by atoms with van der Waals surface area (Å²) in [5, 5.41) is 8.75. The quantitative estimate of drug-likeness (QED) is 0.806. The first kappa shape index (κ1) is 12.1. The number of rotatable bonds is 5. The van der Waals surface area contributed by atoms with Crippen LogP contribution in [0.1, 0.15) is 31.4 Å². The van der Waals surface area contributed by atoms with Crippen molar-refractivity contribution in [2.24, 2.45) is 0 Å². The zero-order valence-corrected chi connectivity index (χ0v) is 9.79. The Bertz CT molecular complexity index is 305. The smallest absolute Gasteiger partial charge is 0.122 e. The van der Waals surface area contributed by atoms with Gasteiger partial charge in [-0.3, -0.25) is 0 Å². The summed E-state index contributed by atoms with van der Waals surface area (Å²) in [5.74, 6) is 0.956. The molecule has 0 heterocycles. The molecular weight excluding hydrogens is 188 g/mol. The fraction of sp³-hybridized carbons (Fsp3) is 0.538. The Morgan fingerprint density at radius 2 is 2.07 bits per heavy atom. The predicted molar refractivity (Wildman–Crippen MR) is 62.3 cm³/mol. The minimum atomic E-state index is 0.215. The van der Waals surface area contributed by atoms with E-state index in [0.29, 0.717) is 0 Å². The molecule has 0 atom stereocenters. The minimum absolute atomic E-state index is 0.215. The highest BCUT2D eigenvalue weighted by Crippen LogP contribution is 2.20. The van der Waals surface area contributed by atoms with Crippen molar-refractivity contribution < 1.29 is 9.84 Å². The number of benzene rings is 1. The second-order valence-electron chi connectivity index (χ2n) is 4.09. The second kappa shape index (κ2) is 5.76. The van der Waals surface area contributed by atoms with Crippen LogP contribution in [0.2, 0.25) is 0 Å². The van der Waals surface area contributed by atoms with E-state index < -0.39 is 0 Å². The van der Waals surface area contributed by atoms with Crippen molar-refractivity contribution in [1.82, 2.24) is 0 Å². The second-order valence-corrected chi connectivity index (χ2v) is 4.09. The number of ether oxygens (including phenoxy) is 1. The van der Waals surface area contributed by atoms with Crippen LogP contribution < -0.4 is 4.74 Å². The van der Waals surface area contributed by atoms with E-state index in [2.05, 4.69) is 19.1 Å². The van der Waals surface area contributed by atoms with Crippen LogP contribution in [-0.4, -0.2) is 17.8 Å². The topological polar surface area (TPSA) is 29.5 Å². The lowest BCUT2D eigenvalue weighted by molar-refractivity contribution is 0.240. The van der Waals surface area contributed by atoms with Gasteiger partial charge in [0.05, 0.1) is 6.10 Å². The van der Waals surface area contributed by atoms with Crippen molar-refractivity contribution in [3.63, 3.8) is 0 Å². The van der Waals surface area contributed by atoms with E-state index in [9.17, 15) is 0 Å². The number of aliphatic hydroxyl groups excluding tert-OH is 1. The third-order valence-corrected chi connectivity index (χ3v) is 2.23. The highest BCUT2D eigenvalue weighted by atomic mass is 16.5. The summed E-state index contributed by atoms with van der Waals surface area (Å²) in [6.07, 6.45) is 1.97. The lowest BCUT2D eigenvalue weighted by Gasteiger charge is -2.13. The van der Waals surface area contributed by atoms with Gasteiger partial charge in [-0.15, -0.1) is 0 Å². The van der Waals surface area contributed by atoms with Gasteiger partial charge in [-0.25, -0.2) is 0 Å². The van der Waals surface area contributed by atoms with Crippen molar-refractivity contribution in [3.8, 4) is 5.75 Å². The molecule has 2 nitrogen and oxygen atoms in total. The summed E-state index contributed by atoms with van der Waals surface area (Å²) in [5.41, 5.74) is 2.43. The molecule has 2 heteroatoms. The summed E-state index contributed by atoms with van der Waals surface area (Å²) < 4.78 is 5.66. The molecule has 0 radical (unpaired) electrons. The fourth-order valence-electron chi connectivity index (χ4n) is 1.54. The van der Waals surface area contributed by atoms with Crippen molar-refractivity contribution in [1.29, 1.82) is 0 Å². The fourth-order valence-corrected chi connectivity index (χ4v) is 1.54. The van der Waals surface area contributed by atoms with E-state index >= 15 is 0 Å². The van der Waals surface area contributed by atoms with E-state index in [1.54, 1.807) is 0 Å². The normalized spacial score (nSPS) is 10.7. The molecule has 1 aromatic rings. The zero-order chi connectivity index (χ0) is 11.3. The summed E-state index contributed by atoms with van der Waals surface area (Å²) in [7, 11) is 0. The summed E-state index contributed by atoms with van der Waals surface area (Å²) in [6.45, 7) is 6.36. The molecule has 1 N–H and O–H groups in total.